The Hall–Kier alpha value is -1.91. The summed E-state index contributed by atoms with van der Waals surface area (Å²) in [6.07, 6.45) is 12.8. The second-order valence-electron chi connectivity index (χ2n) is 9.33. The molecule has 0 N–H and O–H groups in total. The molecule has 5 atom stereocenters. The van der Waals surface area contributed by atoms with Crippen LogP contribution in [-0.2, 0) is 19.7 Å². The van der Waals surface area contributed by atoms with Crippen molar-refractivity contribution in [1.29, 1.82) is 0 Å². The number of ketones is 1. The van der Waals surface area contributed by atoms with Crippen LogP contribution in [0.2, 0.25) is 0 Å². The molecular formula is C25H30O4. The lowest BCUT2D eigenvalue weighted by atomic mass is 9.52. The molecule has 1 aromatic carbocycles. The molecule has 2 bridgehead atoms. The van der Waals surface area contributed by atoms with Crippen molar-refractivity contribution in [2.45, 2.75) is 43.8 Å². The van der Waals surface area contributed by atoms with Crippen LogP contribution >= 0.6 is 0 Å². The van der Waals surface area contributed by atoms with E-state index in [9.17, 15) is 4.79 Å². The van der Waals surface area contributed by atoms with E-state index in [1.54, 1.807) is 27.4 Å². The van der Waals surface area contributed by atoms with Gasteiger partial charge in [0.2, 0.25) is 0 Å². The first-order valence-corrected chi connectivity index (χ1v) is 10.6. The van der Waals surface area contributed by atoms with E-state index in [0.717, 1.165) is 18.6 Å². The van der Waals surface area contributed by atoms with Crippen LogP contribution in [0.4, 0.5) is 0 Å². The van der Waals surface area contributed by atoms with E-state index in [-0.39, 0.29) is 33.9 Å². The van der Waals surface area contributed by atoms with Crippen molar-refractivity contribution < 1.29 is 19.0 Å². The third-order valence-corrected chi connectivity index (χ3v) is 8.91. The minimum atomic E-state index is -0.879. The minimum Gasteiger partial charge on any atom is -0.497 e. The van der Waals surface area contributed by atoms with Gasteiger partial charge in [0.15, 0.2) is 11.6 Å². The van der Waals surface area contributed by atoms with E-state index < -0.39 is 5.79 Å². The Morgan fingerprint density at radius 1 is 0.931 bits per heavy atom. The van der Waals surface area contributed by atoms with Gasteiger partial charge < -0.3 is 14.2 Å². The van der Waals surface area contributed by atoms with Gasteiger partial charge in [-0.05, 0) is 48.1 Å². The van der Waals surface area contributed by atoms with Crippen LogP contribution < -0.4 is 4.74 Å². The molecule has 154 valence electrons. The highest BCUT2D eigenvalue weighted by atomic mass is 16.7. The van der Waals surface area contributed by atoms with Gasteiger partial charge in [-0.3, -0.25) is 4.79 Å². The van der Waals surface area contributed by atoms with Gasteiger partial charge in [-0.2, -0.15) is 0 Å². The van der Waals surface area contributed by atoms with E-state index in [2.05, 4.69) is 31.2 Å². The Kier molecular flexibility index (Phi) is 3.98. The average molecular weight is 395 g/mol. The largest absolute Gasteiger partial charge is 0.497 e. The van der Waals surface area contributed by atoms with Crippen LogP contribution in [0.5, 0.6) is 5.75 Å². The molecule has 4 heteroatoms. The van der Waals surface area contributed by atoms with Crippen molar-refractivity contribution in [3.05, 3.63) is 54.1 Å². The predicted molar refractivity (Wildman–Crippen MR) is 111 cm³/mol. The number of fused-ring (bicyclic) bond motifs is 2. The molecule has 2 fully saturated rings. The van der Waals surface area contributed by atoms with Gasteiger partial charge in [0, 0.05) is 36.9 Å². The molecular weight excluding hydrogens is 364 g/mol. The normalized spacial score (nSPS) is 41.3. The van der Waals surface area contributed by atoms with Crippen molar-refractivity contribution in [2.24, 2.45) is 22.7 Å². The fourth-order valence-electron chi connectivity index (χ4n) is 7.66. The van der Waals surface area contributed by atoms with E-state index >= 15 is 0 Å². The van der Waals surface area contributed by atoms with E-state index in [4.69, 9.17) is 14.2 Å². The highest BCUT2D eigenvalue weighted by molar-refractivity contribution is 5.96. The highest BCUT2D eigenvalue weighted by Gasteiger charge is 2.80. The van der Waals surface area contributed by atoms with Crippen LogP contribution in [0.1, 0.15) is 38.2 Å². The summed E-state index contributed by atoms with van der Waals surface area (Å²) < 4.78 is 17.5. The number of hydrogen-bond donors (Lipinski definition) is 0. The molecule has 0 saturated heterocycles. The summed E-state index contributed by atoms with van der Waals surface area (Å²) in [6, 6.07) is 8.32. The molecule has 0 spiro atoms. The smallest absolute Gasteiger partial charge is 0.192 e. The molecule has 0 radical (unpaired) electrons. The van der Waals surface area contributed by atoms with E-state index in [0.29, 0.717) is 0 Å². The SMILES string of the molecule is COc1ccc([C@]23C=C[C@@]4(CCCC[C@]24C)[C@@H]2[C@H]3C(=O)C=CC2(OC)OC)cc1. The Balaban J connectivity index is 1.80. The summed E-state index contributed by atoms with van der Waals surface area (Å²) in [5.41, 5.74) is 0.640. The topological polar surface area (TPSA) is 44.8 Å². The third kappa shape index (κ3) is 1.95. The van der Waals surface area contributed by atoms with Gasteiger partial charge in [0.25, 0.3) is 0 Å². The summed E-state index contributed by atoms with van der Waals surface area (Å²) in [5, 5.41) is 0. The molecule has 4 aliphatic carbocycles. The quantitative estimate of drug-likeness (QED) is 0.559. The van der Waals surface area contributed by atoms with Gasteiger partial charge in [0.1, 0.15) is 5.75 Å². The minimum absolute atomic E-state index is 0.0418. The number of rotatable bonds is 4. The summed E-state index contributed by atoms with van der Waals surface area (Å²) in [6.45, 7) is 2.40. The molecule has 29 heavy (non-hydrogen) atoms. The number of hydrogen-bond acceptors (Lipinski definition) is 4. The van der Waals surface area contributed by atoms with Crippen LogP contribution in [0.15, 0.2) is 48.6 Å². The fraction of sp³-hybridized carbons (Fsp3) is 0.560. The van der Waals surface area contributed by atoms with Crippen molar-refractivity contribution in [3.8, 4) is 5.75 Å². The summed E-state index contributed by atoms with van der Waals surface area (Å²) in [5.74, 6) is -0.0979. The predicted octanol–water partition coefficient (Wildman–Crippen LogP) is 4.44. The summed E-state index contributed by atoms with van der Waals surface area (Å²) in [4.78, 5) is 13.5. The number of allylic oxidation sites excluding steroid dienone is 3. The molecule has 0 unspecified atom stereocenters. The lowest BCUT2D eigenvalue weighted by molar-refractivity contribution is -0.237. The van der Waals surface area contributed by atoms with Crippen LogP contribution in [0.25, 0.3) is 0 Å². The van der Waals surface area contributed by atoms with Gasteiger partial charge >= 0.3 is 0 Å². The van der Waals surface area contributed by atoms with Gasteiger partial charge in [0.05, 0.1) is 7.11 Å². The maximum absolute atomic E-state index is 13.5. The second-order valence-corrected chi connectivity index (χ2v) is 9.33. The molecule has 0 aromatic heterocycles. The lowest BCUT2D eigenvalue weighted by Gasteiger charge is -2.52. The number of carbonyl (C=O) groups excluding carboxylic acids is 1. The third-order valence-electron chi connectivity index (χ3n) is 8.91. The zero-order valence-corrected chi connectivity index (χ0v) is 17.7. The number of benzene rings is 1. The molecule has 5 rings (SSSR count). The van der Waals surface area contributed by atoms with Crippen LogP contribution in [-0.4, -0.2) is 32.9 Å². The van der Waals surface area contributed by atoms with E-state index in [1.807, 2.05) is 18.2 Å². The highest BCUT2D eigenvalue weighted by Crippen LogP contribution is 2.80. The first kappa shape index (κ1) is 19.1. The lowest BCUT2D eigenvalue weighted by Crippen LogP contribution is -2.55. The molecule has 0 aliphatic heterocycles. The van der Waals surface area contributed by atoms with Crippen molar-refractivity contribution in [2.75, 3.05) is 21.3 Å². The maximum Gasteiger partial charge on any atom is 0.192 e. The van der Waals surface area contributed by atoms with Crippen molar-refractivity contribution in [3.63, 3.8) is 0 Å². The van der Waals surface area contributed by atoms with Crippen LogP contribution in [0.3, 0.4) is 0 Å². The maximum atomic E-state index is 13.5. The Morgan fingerprint density at radius 2 is 1.62 bits per heavy atom. The monoisotopic (exact) mass is 394 g/mol. The number of carbonyl (C=O) groups is 1. The number of ether oxygens (including phenoxy) is 3. The van der Waals surface area contributed by atoms with Gasteiger partial charge in [-0.1, -0.05) is 44.1 Å². The van der Waals surface area contributed by atoms with Gasteiger partial charge in [-0.25, -0.2) is 0 Å². The molecule has 4 nitrogen and oxygen atoms in total. The molecule has 1 aromatic rings. The Labute approximate surface area is 172 Å². The fourth-order valence-corrected chi connectivity index (χ4v) is 7.66. The molecule has 0 amide bonds. The summed E-state index contributed by atoms with van der Waals surface area (Å²) >= 11 is 0. The summed E-state index contributed by atoms with van der Waals surface area (Å²) in [7, 11) is 5.09. The second kappa shape index (κ2) is 6.05. The Morgan fingerprint density at radius 3 is 2.28 bits per heavy atom. The molecule has 2 saturated carbocycles. The van der Waals surface area contributed by atoms with E-state index in [1.165, 1.54) is 18.4 Å². The van der Waals surface area contributed by atoms with Crippen LogP contribution in [0, 0.1) is 22.7 Å². The standard InChI is InChI=1S/C25H30O4/c1-22-12-5-6-13-23(22)15-16-24(22,17-7-9-18(27-2)10-8-17)20-19(26)11-14-25(28-3,29-4)21(20)23/h7-11,14-16,20-21H,5-6,12-13H2,1-4H3/t20-,21+,22+,23+,24+/m1/s1. The average Bonchev–Trinajstić information content (AvgIpc) is 3.16. The first-order valence-electron chi connectivity index (χ1n) is 10.6. The zero-order valence-electron chi connectivity index (χ0n) is 17.7. The van der Waals surface area contributed by atoms with Crippen molar-refractivity contribution in [1.82, 2.24) is 0 Å². The number of methoxy groups -OCH3 is 3. The Bertz CT molecular complexity index is 896. The zero-order chi connectivity index (χ0) is 20.5. The van der Waals surface area contributed by atoms with Gasteiger partial charge in [-0.15, -0.1) is 0 Å². The molecule has 4 aliphatic rings. The molecule has 0 heterocycles. The first-order chi connectivity index (χ1) is 13.9. The van der Waals surface area contributed by atoms with Crippen molar-refractivity contribution >= 4 is 5.78 Å².